The summed E-state index contributed by atoms with van der Waals surface area (Å²) >= 11 is 2.67. The summed E-state index contributed by atoms with van der Waals surface area (Å²) in [7, 11) is 3.15. The molecule has 2 aromatic heterocycles. The van der Waals surface area contributed by atoms with E-state index in [2.05, 4.69) is 25.9 Å². The van der Waals surface area contributed by atoms with Gasteiger partial charge in [-0.05, 0) is 67.6 Å². The molecule has 0 fully saturated rings. The normalized spacial score (nSPS) is 11.9. The van der Waals surface area contributed by atoms with Crippen molar-refractivity contribution in [3.8, 4) is 22.8 Å². The molecule has 4 aromatic carbocycles. The molecule has 252 valence electrons. The molecule has 6 rings (SSSR count). The largest absolute Gasteiger partial charge is 0.493 e. The Balaban J connectivity index is 1.13. The van der Waals surface area contributed by atoms with Crippen molar-refractivity contribution in [3.05, 3.63) is 125 Å². The highest BCUT2D eigenvalue weighted by Gasteiger charge is 2.19. The number of carbonyl (C=O) groups is 3. The van der Waals surface area contributed by atoms with Crippen molar-refractivity contribution >= 4 is 68.6 Å². The number of methoxy groups -OCH3 is 2. The van der Waals surface area contributed by atoms with Gasteiger partial charge in [0.1, 0.15) is 5.70 Å². The molecule has 0 aliphatic heterocycles. The zero-order chi connectivity index (χ0) is 35.0. The number of amides is 3. The van der Waals surface area contributed by atoms with E-state index >= 15 is 0 Å². The van der Waals surface area contributed by atoms with Crippen molar-refractivity contribution in [3.63, 3.8) is 0 Å². The van der Waals surface area contributed by atoms with Crippen LogP contribution in [0.2, 0.25) is 0 Å². The second-order valence-electron chi connectivity index (χ2n) is 11.0. The van der Waals surface area contributed by atoms with Crippen LogP contribution in [0.25, 0.3) is 28.2 Å². The second kappa shape index (κ2) is 15.6. The van der Waals surface area contributed by atoms with Crippen molar-refractivity contribution in [1.29, 1.82) is 0 Å². The van der Waals surface area contributed by atoms with Gasteiger partial charge < -0.3 is 30.4 Å². The van der Waals surface area contributed by atoms with Gasteiger partial charge in [0.05, 0.1) is 25.2 Å². The molecule has 0 radical (unpaired) electrons. The number of thioether (sulfide) groups is 1. The van der Waals surface area contributed by atoms with E-state index < -0.39 is 17.1 Å². The number of aromatic amines is 1. The first-order valence-electron chi connectivity index (χ1n) is 15.5. The van der Waals surface area contributed by atoms with E-state index in [1.807, 2.05) is 60.0 Å². The number of anilines is 2. The molecule has 10 nitrogen and oxygen atoms in total. The number of aromatic nitrogens is 2. The number of thiazole rings is 1. The van der Waals surface area contributed by atoms with Crippen molar-refractivity contribution < 1.29 is 23.9 Å². The van der Waals surface area contributed by atoms with E-state index in [0.717, 1.165) is 26.9 Å². The Labute approximate surface area is 296 Å². The van der Waals surface area contributed by atoms with Gasteiger partial charge in [0.2, 0.25) is 5.91 Å². The molecule has 2 heterocycles. The number of nitrogens with zero attached hydrogens (tertiary/aromatic N) is 1. The van der Waals surface area contributed by atoms with E-state index in [1.54, 1.807) is 75.9 Å². The zero-order valence-electron chi connectivity index (χ0n) is 27.4. The highest BCUT2D eigenvalue weighted by molar-refractivity contribution is 8.00. The molecule has 12 heteroatoms. The van der Waals surface area contributed by atoms with Gasteiger partial charge in [-0.1, -0.05) is 42.5 Å². The van der Waals surface area contributed by atoms with Gasteiger partial charge in [-0.2, -0.15) is 0 Å². The first-order valence-corrected chi connectivity index (χ1v) is 17.3. The summed E-state index contributed by atoms with van der Waals surface area (Å²) in [5.41, 5.74) is 4.19. The number of H-pyrrole nitrogens is 1. The van der Waals surface area contributed by atoms with E-state index in [-0.39, 0.29) is 11.6 Å². The molecule has 0 saturated heterocycles. The minimum absolute atomic E-state index is 0.0744. The fourth-order valence-corrected chi connectivity index (χ4v) is 6.73. The molecule has 6 aromatic rings. The third-order valence-electron chi connectivity index (χ3n) is 7.64. The third-order valence-corrected chi connectivity index (χ3v) is 9.49. The van der Waals surface area contributed by atoms with Crippen LogP contribution in [0.5, 0.6) is 11.5 Å². The van der Waals surface area contributed by atoms with Crippen LogP contribution >= 0.6 is 23.1 Å². The first-order chi connectivity index (χ1) is 24.3. The Morgan fingerprint density at radius 3 is 2.46 bits per heavy atom. The van der Waals surface area contributed by atoms with Gasteiger partial charge in [-0.25, -0.2) is 4.98 Å². The van der Waals surface area contributed by atoms with Crippen LogP contribution in [-0.4, -0.2) is 47.2 Å². The number of fused-ring (bicyclic) bond motifs is 1. The maximum absolute atomic E-state index is 13.7. The average molecular weight is 704 g/mol. The molecule has 0 bridgehead atoms. The number of ether oxygens (including phenoxy) is 2. The number of hydrogen-bond acceptors (Lipinski definition) is 8. The summed E-state index contributed by atoms with van der Waals surface area (Å²) in [6.07, 6.45) is 3.44. The van der Waals surface area contributed by atoms with Crippen LogP contribution in [0.1, 0.15) is 22.8 Å². The van der Waals surface area contributed by atoms with Crippen LogP contribution in [-0.2, 0) is 9.59 Å². The predicted molar refractivity (Wildman–Crippen MR) is 200 cm³/mol. The Bertz CT molecular complexity index is 2190. The number of hydrogen-bond donors (Lipinski definition) is 4. The van der Waals surface area contributed by atoms with E-state index in [9.17, 15) is 14.4 Å². The van der Waals surface area contributed by atoms with Gasteiger partial charge in [0.25, 0.3) is 11.8 Å². The van der Waals surface area contributed by atoms with Crippen LogP contribution in [0.15, 0.2) is 119 Å². The Morgan fingerprint density at radius 2 is 1.66 bits per heavy atom. The quantitative estimate of drug-likeness (QED) is 0.0754. The molecule has 0 aliphatic carbocycles. The summed E-state index contributed by atoms with van der Waals surface area (Å²) < 4.78 is 10.7. The molecule has 3 amide bonds. The lowest BCUT2D eigenvalue weighted by Crippen LogP contribution is -2.30. The minimum Gasteiger partial charge on any atom is -0.493 e. The summed E-state index contributed by atoms with van der Waals surface area (Å²) in [5.74, 6) is 0.0796. The topological polar surface area (TPSA) is 134 Å². The average Bonchev–Trinajstić information content (AvgIpc) is 3.78. The van der Waals surface area contributed by atoms with Crippen molar-refractivity contribution in [2.75, 3.05) is 24.9 Å². The zero-order valence-corrected chi connectivity index (χ0v) is 29.0. The smallest absolute Gasteiger partial charge is 0.272 e. The maximum Gasteiger partial charge on any atom is 0.272 e. The number of para-hydroxylation sites is 1. The SMILES string of the molecule is COc1ccc(-c2csc(NC(=O)C(C)Sc3cccc(NC(=O)/C(=C/c4c[nH]c5ccccc45)NC(=O)c4ccccc4)c3)n2)cc1OC. The van der Waals surface area contributed by atoms with Crippen LogP contribution in [0, 0.1) is 0 Å². The van der Waals surface area contributed by atoms with Crippen molar-refractivity contribution in [2.45, 2.75) is 17.1 Å². The molecule has 0 saturated carbocycles. The highest BCUT2D eigenvalue weighted by Crippen LogP contribution is 2.34. The standard InChI is InChI=1S/C38H33N5O5S2/c1-23(35(44)43-38-42-32(22-49-38)25-16-17-33(47-2)34(19-25)48-3)50-28-13-9-12-27(20-28)40-37(46)31(41-36(45)24-10-5-4-6-11-24)18-26-21-39-30-15-8-7-14-29(26)30/h4-23,39H,1-3H3,(H,40,46)(H,41,45)(H,42,43,44)/b31-18-. The summed E-state index contributed by atoms with van der Waals surface area (Å²) in [6, 6.07) is 29.1. The van der Waals surface area contributed by atoms with Crippen molar-refractivity contribution in [2.24, 2.45) is 0 Å². The first kappa shape index (κ1) is 34.0. The Morgan fingerprint density at radius 1 is 0.880 bits per heavy atom. The van der Waals surface area contributed by atoms with Gasteiger partial charge in [0.15, 0.2) is 16.6 Å². The van der Waals surface area contributed by atoms with Gasteiger partial charge in [-0.15, -0.1) is 23.1 Å². The molecule has 1 atom stereocenters. The molecule has 1 unspecified atom stereocenters. The minimum atomic E-state index is -0.499. The van der Waals surface area contributed by atoms with E-state index in [1.165, 1.54) is 23.1 Å². The van der Waals surface area contributed by atoms with E-state index in [4.69, 9.17) is 9.47 Å². The van der Waals surface area contributed by atoms with Crippen LogP contribution in [0.3, 0.4) is 0 Å². The van der Waals surface area contributed by atoms with Gasteiger partial charge in [-0.3, -0.25) is 14.4 Å². The molecular weight excluding hydrogens is 671 g/mol. The number of rotatable bonds is 12. The Hall–Kier alpha value is -5.85. The molecule has 0 spiro atoms. The second-order valence-corrected chi connectivity index (χ2v) is 13.3. The van der Waals surface area contributed by atoms with Crippen LogP contribution < -0.4 is 25.4 Å². The lowest BCUT2D eigenvalue weighted by Gasteiger charge is -2.13. The van der Waals surface area contributed by atoms with E-state index in [0.29, 0.717) is 33.6 Å². The lowest BCUT2D eigenvalue weighted by atomic mass is 10.1. The summed E-state index contributed by atoms with van der Waals surface area (Å²) in [4.78, 5) is 48.5. The summed E-state index contributed by atoms with van der Waals surface area (Å²) in [6.45, 7) is 1.80. The summed E-state index contributed by atoms with van der Waals surface area (Å²) in [5, 5.41) is 11.4. The monoisotopic (exact) mass is 703 g/mol. The Kier molecular flexibility index (Phi) is 10.6. The fourth-order valence-electron chi connectivity index (χ4n) is 5.08. The number of nitrogens with one attached hydrogen (secondary N) is 4. The molecule has 4 N–H and O–H groups in total. The molecular formula is C38H33N5O5S2. The maximum atomic E-state index is 13.7. The number of benzene rings is 4. The van der Waals surface area contributed by atoms with Gasteiger partial charge >= 0.3 is 0 Å². The third kappa shape index (κ3) is 8.05. The number of carbonyl (C=O) groups excluding carboxylic acids is 3. The van der Waals surface area contributed by atoms with Crippen molar-refractivity contribution in [1.82, 2.24) is 15.3 Å². The predicted octanol–water partition coefficient (Wildman–Crippen LogP) is 7.84. The molecule has 0 aliphatic rings. The van der Waals surface area contributed by atoms with Gasteiger partial charge in [0, 0.05) is 49.8 Å². The van der Waals surface area contributed by atoms with Crippen LogP contribution in [0.4, 0.5) is 10.8 Å². The fraction of sp³-hybridized carbons (Fsp3) is 0.105. The lowest BCUT2D eigenvalue weighted by molar-refractivity contribution is -0.115. The molecule has 50 heavy (non-hydrogen) atoms. The highest BCUT2D eigenvalue weighted by atomic mass is 32.2.